The molecule has 0 aromatic carbocycles. The smallest absolute Gasteiger partial charge is 0.311 e. The minimum atomic E-state index is -0.387. The normalized spacial score (nSPS) is 22.3. The van der Waals surface area contributed by atoms with Crippen molar-refractivity contribution in [3.8, 4) is 0 Å². The second kappa shape index (κ2) is 6.78. The fourth-order valence-electron chi connectivity index (χ4n) is 2.48. The lowest BCUT2D eigenvalue weighted by Crippen LogP contribution is -2.27. The van der Waals surface area contributed by atoms with Crippen LogP contribution in [0.2, 0.25) is 0 Å². The van der Waals surface area contributed by atoms with E-state index >= 15 is 0 Å². The lowest BCUT2D eigenvalue weighted by molar-refractivity contribution is -0.384. The monoisotopic (exact) mass is 296 g/mol. The van der Waals surface area contributed by atoms with Crippen LogP contribution in [0.15, 0.2) is 12.1 Å². The lowest BCUT2D eigenvalue weighted by Gasteiger charge is -2.28. The quantitative estimate of drug-likeness (QED) is 0.642. The molecule has 0 atom stereocenters. The number of hydrogen-bond acceptors (Lipinski definition) is 6. The Balaban J connectivity index is 2.09. The molecule has 1 aliphatic carbocycles. The summed E-state index contributed by atoms with van der Waals surface area (Å²) < 4.78 is 0. The molecule has 0 radical (unpaired) electrons. The third-order valence-electron chi connectivity index (χ3n) is 3.68. The summed E-state index contributed by atoms with van der Waals surface area (Å²) >= 11 is 1.91. The number of aromatic nitrogens is 1. The van der Waals surface area contributed by atoms with E-state index < -0.39 is 0 Å². The van der Waals surface area contributed by atoms with Crippen molar-refractivity contribution in [2.24, 2.45) is 0 Å². The number of rotatable bonds is 5. The van der Waals surface area contributed by atoms with Crippen LogP contribution in [0.25, 0.3) is 0 Å². The third kappa shape index (κ3) is 3.53. The highest BCUT2D eigenvalue weighted by Gasteiger charge is 2.24. The first-order valence-corrected chi connectivity index (χ1v) is 8.05. The van der Waals surface area contributed by atoms with Gasteiger partial charge < -0.3 is 10.6 Å². The van der Waals surface area contributed by atoms with Crippen molar-refractivity contribution >= 4 is 29.1 Å². The van der Waals surface area contributed by atoms with Gasteiger partial charge >= 0.3 is 5.69 Å². The molecule has 1 heterocycles. The standard InChI is InChI=1S/C13H20N4O2S/c1-14-12-8-7-11(17(18)19)13(16-12)15-9-3-5-10(20-2)6-4-9/h7-10H,3-6H2,1-2H3,(H2,14,15,16). The second-order valence-electron chi connectivity index (χ2n) is 4.93. The molecule has 1 saturated carbocycles. The Kier molecular flexibility index (Phi) is 5.05. The Morgan fingerprint density at radius 1 is 1.35 bits per heavy atom. The highest BCUT2D eigenvalue weighted by molar-refractivity contribution is 7.99. The summed E-state index contributed by atoms with van der Waals surface area (Å²) in [4.78, 5) is 15.0. The largest absolute Gasteiger partial charge is 0.373 e. The van der Waals surface area contributed by atoms with Gasteiger partial charge in [-0.15, -0.1) is 0 Å². The zero-order valence-electron chi connectivity index (χ0n) is 11.8. The highest BCUT2D eigenvalue weighted by atomic mass is 32.2. The third-order valence-corrected chi connectivity index (χ3v) is 4.81. The van der Waals surface area contributed by atoms with Gasteiger partial charge in [0.1, 0.15) is 5.82 Å². The first kappa shape index (κ1) is 14.9. The molecule has 0 aliphatic heterocycles. The van der Waals surface area contributed by atoms with E-state index in [4.69, 9.17) is 0 Å². The van der Waals surface area contributed by atoms with Gasteiger partial charge in [-0.25, -0.2) is 4.98 Å². The molecule has 0 bridgehead atoms. The number of pyridine rings is 1. The molecule has 20 heavy (non-hydrogen) atoms. The second-order valence-corrected chi connectivity index (χ2v) is 6.06. The number of anilines is 2. The van der Waals surface area contributed by atoms with Crippen LogP contribution in [0, 0.1) is 10.1 Å². The summed E-state index contributed by atoms with van der Waals surface area (Å²) in [6.45, 7) is 0. The Hall–Kier alpha value is -1.50. The first-order valence-electron chi connectivity index (χ1n) is 6.76. The Bertz CT molecular complexity index is 475. The summed E-state index contributed by atoms with van der Waals surface area (Å²) in [5.74, 6) is 1.00. The van der Waals surface area contributed by atoms with Crippen molar-refractivity contribution in [2.45, 2.75) is 37.0 Å². The van der Waals surface area contributed by atoms with Gasteiger partial charge in [-0.3, -0.25) is 10.1 Å². The van der Waals surface area contributed by atoms with Gasteiger partial charge in [0.2, 0.25) is 5.82 Å². The molecular weight excluding hydrogens is 276 g/mol. The Morgan fingerprint density at radius 2 is 2.05 bits per heavy atom. The fourth-order valence-corrected chi connectivity index (χ4v) is 3.22. The van der Waals surface area contributed by atoms with E-state index in [-0.39, 0.29) is 16.7 Å². The van der Waals surface area contributed by atoms with E-state index in [0.717, 1.165) is 30.9 Å². The molecular formula is C13H20N4O2S. The minimum absolute atomic E-state index is 0.0380. The van der Waals surface area contributed by atoms with Crippen molar-refractivity contribution in [3.05, 3.63) is 22.2 Å². The maximum Gasteiger partial charge on any atom is 0.311 e. The van der Waals surface area contributed by atoms with Crippen LogP contribution in [0.5, 0.6) is 0 Å². The van der Waals surface area contributed by atoms with Gasteiger partial charge in [0.25, 0.3) is 0 Å². The van der Waals surface area contributed by atoms with E-state index in [1.807, 2.05) is 11.8 Å². The van der Waals surface area contributed by atoms with Crippen LogP contribution >= 0.6 is 11.8 Å². The predicted octanol–water partition coefficient (Wildman–Crippen LogP) is 3.12. The van der Waals surface area contributed by atoms with Crippen molar-refractivity contribution < 1.29 is 4.92 Å². The number of nitrogens with one attached hydrogen (secondary N) is 2. The summed E-state index contributed by atoms with van der Waals surface area (Å²) in [6, 6.07) is 3.39. The molecule has 110 valence electrons. The van der Waals surface area contributed by atoms with Gasteiger partial charge in [-0.05, 0) is 38.0 Å². The molecule has 1 aromatic rings. The number of nitro groups is 1. The van der Waals surface area contributed by atoms with E-state index in [9.17, 15) is 10.1 Å². The Morgan fingerprint density at radius 3 is 2.60 bits per heavy atom. The number of hydrogen-bond donors (Lipinski definition) is 2. The summed E-state index contributed by atoms with van der Waals surface area (Å²) in [6.07, 6.45) is 6.51. The number of thioether (sulfide) groups is 1. The first-order chi connectivity index (χ1) is 9.63. The summed E-state index contributed by atoms with van der Waals surface area (Å²) in [5, 5.41) is 17.9. The fraction of sp³-hybridized carbons (Fsp3) is 0.615. The van der Waals surface area contributed by atoms with E-state index in [2.05, 4.69) is 21.9 Å². The zero-order chi connectivity index (χ0) is 14.5. The molecule has 2 rings (SSSR count). The average molecular weight is 296 g/mol. The molecule has 2 N–H and O–H groups in total. The van der Waals surface area contributed by atoms with Gasteiger partial charge in [0.05, 0.1) is 4.92 Å². The van der Waals surface area contributed by atoms with Crippen LogP contribution in [0.1, 0.15) is 25.7 Å². The maximum absolute atomic E-state index is 11.1. The van der Waals surface area contributed by atoms with Crippen molar-refractivity contribution in [1.29, 1.82) is 0 Å². The van der Waals surface area contributed by atoms with E-state index in [1.165, 1.54) is 6.07 Å². The molecule has 1 aliphatic rings. The molecule has 0 saturated heterocycles. The van der Waals surface area contributed by atoms with Crippen molar-refractivity contribution in [3.63, 3.8) is 0 Å². The molecule has 7 heteroatoms. The van der Waals surface area contributed by atoms with Gasteiger partial charge in [-0.1, -0.05) is 0 Å². The minimum Gasteiger partial charge on any atom is -0.373 e. The topological polar surface area (TPSA) is 80.1 Å². The Labute approximate surface area is 122 Å². The SMILES string of the molecule is CNc1ccc([N+](=O)[O-])c(NC2CCC(SC)CC2)n1. The zero-order valence-corrected chi connectivity index (χ0v) is 12.6. The summed E-state index contributed by atoms with van der Waals surface area (Å²) in [5.41, 5.74) is 0.0380. The van der Waals surface area contributed by atoms with Crippen molar-refractivity contribution in [2.75, 3.05) is 23.9 Å². The van der Waals surface area contributed by atoms with Crippen LogP contribution in [0.4, 0.5) is 17.3 Å². The van der Waals surface area contributed by atoms with E-state index in [0.29, 0.717) is 11.6 Å². The number of nitrogens with zero attached hydrogens (tertiary/aromatic N) is 2. The summed E-state index contributed by atoms with van der Waals surface area (Å²) in [7, 11) is 1.75. The van der Waals surface area contributed by atoms with Crippen LogP contribution in [-0.2, 0) is 0 Å². The van der Waals surface area contributed by atoms with Gasteiger partial charge in [0.15, 0.2) is 0 Å². The lowest BCUT2D eigenvalue weighted by atomic mass is 9.95. The predicted molar refractivity (Wildman–Crippen MR) is 83.6 cm³/mol. The van der Waals surface area contributed by atoms with Crippen LogP contribution in [0.3, 0.4) is 0 Å². The van der Waals surface area contributed by atoms with Gasteiger partial charge in [0, 0.05) is 24.4 Å². The highest BCUT2D eigenvalue weighted by Crippen LogP contribution is 2.31. The van der Waals surface area contributed by atoms with Crippen LogP contribution in [-0.4, -0.2) is 34.5 Å². The molecule has 0 amide bonds. The molecule has 0 unspecified atom stereocenters. The molecule has 6 nitrogen and oxygen atoms in total. The average Bonchev–Trinajstić information content (AvgIpc) is 2.47. The molecule has 0 spiro atoms. The van der Waals surface area contributed by atoms with Gasteiger partial charge in [-0.2, -0.15) is 11.8 Å². The van der Waals surface area contributed by atoms with Crippen molar-refractivity contribution in [1.82, 2.24) is 4.98 Å². The molecule has 1 fully saturated rings. The van der Waals surface area contributed by atoms with Crippen LogP contribution < -0.4 is 10.6 Å². The molecule has 1 aromatic heterocycles. The maximum atomic E-state index is 11.1. The van der Waals surface area contributed by atoms with E-state index in [1.54, 1.807) is 13.1 Å².